The highest BCUT2D eigenvalue weighted by Gasteiger charge is 2.18. The number of thiazole rings is 1. The highest BCUT2D eigenvalue weighted by Crippen LogP contribution is 2.32. The molecular formula is C29H36N6O3S. The Kier molecular flexibility index (Phi) is 9.43. The maximum atomic E-state index is 10.4. The molecule has 0 amide bonds. The van der Waals surface area contributed by atoms with Gasteiger partial charge >= 0.3 is 0 Å². The minimum atomic E-state index is -0.584. The van der Waals surface area contributed by atoms with E-state index in [9.17, 15) is 5.11 Å². The SMILES string of the molecule is CCCCC(Oc1ccc(-c2nc(C)sc2CN(CCC)n2ccnc2)cc1)Oc1ccc(C(=N)N)cc1O. The van der Waals surface area contributed by atoms with Gasteiger partial charge in [-0.25, -0.2) is 9.97 Å². The van der Waals surface area contributed by atoms with E-state index in [1.165, 1.54) is 10.9 Å². The van der Waals surface area contributed by atoms with E-state index < -0.39 is 6.29 Å². The Morgan fingerprint density at radius 3 is 2.59 bits per heavy atom. The van der Waals surface area contributed by atoms with Crippen LogP contribution >= 0.6 is 11.3 Å². The number of ether oxygens (including phenoxy) is 2. The van der Waals surface area contributed by atoms with E-state index in [-0.39, 0.29) is 17.3 Å². The van der Waals surface area contributed by atoms with Gasteiger partial charge in [0.25, 0.3) is 0 Å². The van der Waals surface area contributed by atoms with E-state index in [2.05, 4.69) is 23.8 Å². The highest BCUT2D eigenvalue weighted by atomic mass is 32.1. The van der Waals surface area contributed by atoms with Crippen LogP contribution < -0.4 is 20.2 Å². The van der Waals surface area contributed by atoms with E-state index in [1.807, 2.05) is 48.4 Å². The van der Waals surface area contributed by atoms with Crippen LogP contribution in [0.4, 0.5) is 0 Å². The van der Waals surface area contributed by atoms with Crippen LogP contribution in [-0.4, -0.2) is 38.4 Å². The maximum Gasteiger partial charge on any atom is 0.241 e. The number of nitrogens with two attached hydrogens (primary N) is 1. The molecule has 0 aliphatic carbocycles. The second kappa shape index (κ2) is 13.1. The summed E-state index contributed by atoms with van der Waals surface area (Å²) < 4.78 is 14.2. The predicted molar refractivity (Wildman–Crippen MR) is 155 cm³/mol. The molecule has 39 heavy (non-hydrogen) atoms. The van der Waals surface area contributed by atoms with Gasteiger partial charge in [-0.1, -0.05) is 20.3 Å². The summed E-state index contributed by atoms with van der Waals surface area (Å²) in [5.74, 6) is 0.755. The van der Waals surface area contributed by atoms with E-state index in [4.69, 9.17) is 25.6 Å². The van der Waals surface area contributed by atoms with Crippen molar-refractivity contribution in [3.05, 3.63) is 76.6 Å². The molecule has 2 heterocycles. The van der Waals surface area contributed by atoms with Crippen molar-refractivity contribution in [2.45, 2.75) is 59.3 Å². The Balaban J connectivity index is 1.50. The van der Waals surface area contributed by atoms with Gasteiger partial charge in [-0.3, -0.25) is 10.1 Å². The molecule has 0 spiro atoms. The van der Waals surface area contributed by atoms with Gasteiger partial charge in [-0.15, -0.1) is 11.3 Å². The number of aromatic nitrogens is 3. The van der Waals surface area contributed by atoms with Gasteiger partial charge in [0.05, 0.1) is 22.1 Å². The van der Waals surface area contributed by atoms with Crippen LogP contribution in [0.1, 0.15) is 55.0 Å². The normalized spacial score (nSPS) is 11.8. The molecule has 10 heteroatoms. The highest BCUT2D eigenvalue weighted by molar-refractivity contribution is 7.12. The summed E-state index contributed by atoms with van der Waals surface area (Å²) in [5.41, 5.74) is 7.95. The van der Waals surface area contributed by atoms with Crippen molar-refractivity contribution in [3.8, 4) is 28.5 Å². The topological polar surface area (TPSA) is 123 Å². The molecule has 0 saturated heterocycles. The van der Waals surface area contributed by atoms with Crippen LogP contribution in [0.5, 0.6) is 17.2 Å². The minimum Gasteiger partial charge on any atom is -0.504 e. The Bertz CT molecular complexity index is 1350. The molecule has 4 aromatic rings. The van der Waals surface area contributed by atoms with Gasteiger partial charge < -0.3 is 25.3 Å². The van der Waals surface area contributed by atoms with Crippen LogP contribution in [0.2, 0.25) is 0 Å². The lowest BCUT2D eigenvalue weighted by molar-refractivity contribution is -0.00382. The van der Waals surface area contributed by atoms with Crippen molar-refractivity contribution in [1.29, 1.82) is 5.41 Å². The number of phenols is 1. The first kappa shape index (κ1) is 28.0. The van der Waals surface area contributed by atoms with Crippen LogP contribution in [0.15, 0.2) is 61.2 Å². The Labute approximate surface area is 233 Å². The molecule has 9 nitrogen and oxygen atoms in total. The Morgan fingerprint density at radius 1 is 1.15 bits per heavy atom. The summed E-state index contributed by atoms with van der Waals surface area (Å²) in [6.07, 6.45) is 8.56. The Hall–Kier alpha value is -4.05. The number of aromatic hydroxyl groups is 1. The number of hydrogen-bond acceptors (Lipinski definition) is 8. The fourth-order valence-electron chi connectivity index (χ4n) is 4.20. The molecule has 1 atom stereocenters. The third-order valence-electron chi connectivity index (χ3n) is 6.15. The fraction of sp³-hybridized carbons (Fsp3) is 0.345. The smallest absolute Gasteiger partial charge is 0.241 e. The van der Waals surface area contributed by atoms with Crippen molar-refractivity contribution in [3.63, 3.8) is 0 Å². The fourth-order valence-corrected chi connectivity index (χ4v) is 5.17. The molecule has 1 unspecified atom stereocenters. The first-order chi connectivity index (χ1) is 18.9. The van der Waals surface area contributed by atoms with Crippen molar-refractivity contribution in [2.24, 2.45) is 5.73 Å². The third kappa shape index (κ3) is 7.29. The summed E-state index contributed by atoms with van der Waals surface area (Å²) in [7, 11) is 0. The largest absolute Gasteiger partial charge is 0.504 e. The standard InChI is InChI=1S/C29H36N6O3S/c1-4-6-7-27(38-25-13-10-22(29(30)31)17-24(25)36)37-23-11-8-21(9-12-23)28-26(39-20(3)33-28)18-34(15-5-2)35-16-14-32-19-35/h8-14,16-17,19,27,36H,4-7,15,18H2,1-3H3,(H3,30,31). The number of rotatable bonds is 14. The first-order valence-electron chi connectivity index (χ1n) is 13.2. The molecule has 0 saturated carbocycles. The molecule has 0 aliphatic heterocycles. The van der Waals surface area contributed by atoms with Crippen LogP contribution in [0.25, 0.3) is 11.3 Å². The average molecular weight is 549 g/mol. The van der Waals surface area contributed by atoms with Crippen molar-refractivity contribution >= 4 is 17.2 Å². The molecule has 2 aromatic heterocycles. The molecule has 4 rings (SSSR count). The number of amidine groups is 1. The molecule has 0 bridgehead atoms. The summed E-state index contributed by atoms with van der Waals surface area (Å²) in [5, 5.41) is 21.2. The number of aryl methyl sites for hydroxylation is 1. The number of nitrogens with zero attached hydrogens (tertiary/aromatic N) is 4. The lowest BCUT2D eigenvalue weighted by Gasteiger charge is -2.24. The first-order valence-corrected chi connectivity index (χ1v) is 14.0. The third-order valence-corrected chi connectivity index (χ3v) is 7.10. The quantitative estimate of drug-likeness (QED) is 0.103. The van der Waals surface area contributed by atoms with E-state index in [0.717, 1.165) is 48.6 Å². The second-order valence-electron chi connectivity index (χ2n) is 9.26. The van der Waals surface area contributed by atoms with E-state index >= 15 is 0 Å². The number of nitrogen functional groups attached to an aromatic ring is 1. The van der Waals surface area contributed by atoms with Gasteiger partial charge in [-0.05, 0) is 62.2 Å². The number of hydrogen-bond donors (Lipinski definition) is 3. The van der Waals surface area contributed by atoms with Crippen molar-refractivity contribution in [1.82, 2.24) is 14.6 Å². The molecule has 0 aliphatic rings. The lowest BCUT2D eigenvalue weighted by atomic mass is 10.1. The number of unbranched alkanes of at least 4 members (excludes halogenated alkanes) is 1. The summed E-state index contributed by atoms with van der Waals surface area (Å²) in [4.78, 5) is 10.2. The van der Waals surface area contributed by atoms with Gasteiger partial charge in [0, 0.05) is 36.5 Å². The zero-order chi connectivity index (χ0) is 27.8. The number of nitrogens with one attached hydrogen (secondary N) is 1. The minimum absolute atomic E-state index is 0.0811. The van der Waals surface area contributed by atoms with E-state index in [1.54, 1.807) is 29.7 Å². The van der Waals surface area contributed by atoms with Gasteiger partial charge in [0.2, 0.25) is 6.29 Å². The summed E-state index contributed by atoms with van der Waals surface area (Å²) in [6.45, 7) is 7.95. The molecule has 0 radical (unpaired) electrons. The predicted octanol–water partition coefficient (Wildman–Crippen LogP) is 5.83. The summed E-state index contributed by atoms with van der Waals surface area (Å²) in [6, 6.07) is 12.6. The van der Waals surface area contributed by atoms with Crippen molar-refractivity contribution < 1.29 is 14.6 Å². The van der Waals surface area contributed by atoms with E-state index in [0.29, 0.717) is 17.7 Å². The van der Waals surface area contributed by atoms with Crippen LogP contribution in [0, 0.1) is 12.3 Å². The number of imidazole rings is 1. The van der Waals surface area contributed by atoms with Crippen LogP contribution in [0.3, 0.4) is 0 Å². The lowest BCUT2D eigenvalue weighted by Crippen LogP contribution is -2.33. The monoisotopic (exact) mass is 548 g/mol. The number of benzene rings is 2. The zero-order valence-corrected chi connectivity index (χ0v) is 23.4. The van der Waals surface area contributed by atoms with Gasteiger partial charge in [0.1, 0.15) is 17.9 Å². The molecule has 0 fully saturated rings. The van der Waals surface area contributed by atoms with Gasteiger partial charge in [-0.2, -0.15) is 0 Å². The van der Waals surface area contributed by atoms with Crippen molar-refractivity contribution in [2.75, 3.05) is 11.6 Å². The van der Waals surface area contributed by atoms with Gasteiger partial charge in [0.15, 0.2) is 11.5 Å². The Morgan fingerprint density at radius 2 is 1.95 bits per heavy atom. The van der Waals surface area contributed by atoms with Crippen LogP contribution in [-0.2, 0) is 6.54 Å². The summed E-state index contributed by atoms with van der Waals surface area (Å²) >= 11 is 1.71. The second-order valence-corrected chi connectivity index (χ2v) is 10.6. The molecule has 206 valence electrons. The zero-order valence-electron chi connectivity index (χ0n) is 22.6. The number of phenolic OH excluding ortho intramolecular Hbond substituents is 1. The average Bonchev–Trinajstić information content (AvgIpc) is 3.58. The maximum absolute atomic E-state index is 10.4. The molecule has 4 N–H and O–H groups in total. The molecule has 2 aromatic carbocycles. The molecular weight excluding hydrogens is 512 g/mol.